The largest absolute Gasteiger partial charge is 0.326 e. The van der Waals surface area contributed by atoms with Crippen molar-refractivity contribution in [2.75, 3.05) is 5.32 Å². The normalized spacial score (nSPS) is 11.0. The summed E-state index contributed by atoms with van der Waals surface area (Å²) in [6.45, 7) is 1.41. The average molecular weight is 270 g/mol. The topological polar surface area (TPSA) is 106 Å². The van der Waals surface area contributed by atoms with Crippen LogP contribution < -0.4 is 10.5 Å². The molecule has 98 valence electrons. The standard InChI is InChI=1S/C11H14N2O4S/c1-8(14)2-7-11(15)13-9-3-5-10(6-4-9)18(12,16)17/h3-6H,2,7H2,1H3,(H,13,15)(H2,12,16,17). The van der Waals surface area contributed by atoms with E-state index in [0.29, 0.717) is 5.69 Å². The summed E-state index contributed by atoms with van der Waals surface area (Å²) in [5.74, 6) is -0.358. The SMILES string of the molecule is CC(=O)CCC(=O)Nc1ccc(S(N)(=O)=O)cc1. The molecular formula is C11H14N2O4S. The highest BCUT2D eigenvalue weighted by Crippen LogP contribution is 2.13. The number of nitrogens with two attached hydrogens (primary N) is 1. The second-order valence-electron chi connectivity index (χ2n) is 3.82. The highest BCUT2D eigenvalue weighted by molar-refractivity contribution is 7.89. The highest BCUT2D eigenvalue weighted by Gasteiger charge is 2.08. The van der Waals surface area contributed by atoms with Crippen LogP contribution in [0.1, 0.15) is 19.8 Å². The fourth-order valence-electron chi connectivity index (χ4n) is 1.24. The van der Waals surface area contributed by atoms with Crippen LogP contribution in [0.3, 0.4) is 0 Å². The van der Waals surface area contributed by atoms with E-state index < -0.39 is 10.0 Å². The number of rotatable bonds is 5. The maximum Gasteiger partial charge on any atom is 0.238 e. The number of primary sulfonamides is 1. The molecule has 0 aliphatic carbocycles. The molecule has 7 heteroatoms. The van der Waals surface area contributed by atoms with Crippen molar-refractivity contribution in [3.05, 3.63) is 24.3 Å². The Kier molecular flexibility index (Phi) is 4.57. The number of benzene rings is 1. The first-order valence-corrected chi connectivity index (χ1v) is 6.76. The van der Waals surface area contributed by atoms with E-state index in [1.165, 1.54) is 31.2 Å². The molecule has 0 saturated carbocycles. The van der Waals surface area contributed by atoms with Crippen molar-refractivity contribution >= 4 is 27.4 Å². The molecule has 0 saturated heterocycles. The van der Waals surface area contributed by atoms with Crippen molar-refractivity contribution in [3.63, 3.8) is 0 Å². The summed E-state index contributed by atoms with van der Waals surface area (Å²) in [5, 5.41) is 7.49. The lowest BCUT2D eigenvalue weighted by atomic mass is 10.2. The van der Waals surface area contributed by atoms with Crippen molar-refractivity contribution in [3.8, 4) is 0 Å². The van der Waals surface area contributed by atoms with Crippen molar-refractivity contribution in [2.24, 2.45) is 5.14 Å². The third-order valence-electron chi connectivity index (χ3n) is 2.17. The predicted octanol–water partition coefficient (Wildman–Crippen LogP) is 0.642. The van der Waals surface area contributed by atoms with E-state index in [0.717, 1.165) is 0 Å². The second kappa shape index (κ2) is 5.74. The minimum atomic E-state index is -3.73. The lowest BCUT2D eigenvalue weighted by molar-refractivity contribution is -0.121. The summed E-state index contributed by atoms with van der Waals surface area (Å²) in [6, 6.07) is 5.47. The van der Waals surface area contributed by atoms with Crippen molar-refractivity contribution in [1.29, 1.82) is 0 Å². The monoisotopic (exact) mass is 270 g/mol. The molecule has 6 nitrogen and oxygen atoms in total. The molecule has 18 heavy (non-hydrogen) atoms. The molecule has 1 amide bonds. The van der Waals surface area contributed by atoms with E-state index >= 15 is 0 Å². The number of Topliss-reactive ketones (excluding diaryl/α,β-unsaturated/α-hetero) is 1. The van der Waals surface area contributed by atoms with E-state index in [-0.39, 0.29) is 29.4 Å². The Hall–Kier alpha value is -1.73. The molecule has 0 fully saturated rings. The van der Waals surface area contributed by atoms with Crippen LogP contribution in [0, 0.1) is 0 Å². The number of amides is 1. The number of nitrogens with one attached hydrogen (secondary N) is 1. The molecule has 0 unspecified atom stereocenters. The molecule has 0 bridgehead atoms. The number of carbonyl (C=O) groups excluding carboxylic acids is 2. The Morgan fingerprint density at radius 1 is 1.17 bits per heavy atom. The van der Waals surface area contributed by atoms with Gasteiger partial charge < -0.3 is 10.1 Å². The van der Waals surface area contributed by atoms with Crippen molar-refractivity contribution < 1.29 is 18.0 Å². The van der Waals surface area contributed by atoms with Gasteiger partial charge in [0, 0.05) is 18.5 Å². The average Bonchev–Trinajstić information content (AvgIpc) is 2.26. The van der Waals surface area contributed by atoms with Gasteiger partial charge in [0.2, 0.25) is 15.9 Å². The number of hydrogen-bond donors (Lipinski definition) is 2. The fourth-order valence-corrected chi connectivity index (χ4v) is 1.76. The van der Waals surface area contributed by atoms with Gasteiger partial charge in [0.25, 0.3) is 0 Å². The van der Waals surface area contributed by atoms with Crippen LogP contribution in [-0.2, 0) is 19.6 Å². The quantitative estimate of drug-likeness (QED) is 0.818. The van der Waals surface area contributed by atoms with Gasteiger partial charge >= 0.3 is 0 Å². The molecule has 0 spiro atoms. The van der Waals surface area contributed by atoms with E-state index in [9.17, 15) is 18.0 Å². The zero-order valence-electron chi connectivity index (χ0n) is 9.84. The third kappa shape index (κ3) is 4.64. The lowest BCUT2D eigenvalue weighted by Crippen LogP contribution is -2.14. The molecule has 0 heterocycles. The summed E-state index contributed by atoms with van der Waals surface area (Å²) in [5.41, 5.74) is 0.455. The minimum absolute atomic E-state index is 0.0239. The zero-order valence-corrected chi connectivity index (χ0v) is 10.7. The number of ketones is 1. The van der Waals surface area contributed by atoms with E-state index in [4.69, 9.17) is 5.14 Å². The minimum Gasteiger partial charge on any atom is -0.326 e. The van der Waals surface area contributed by atoms with Gasteiger partial charge in [0.1, 0.15) is 5.78 Å². The molecule has 1 rings (SSSR count). The summed E-state index contributed by atoms with van der Waals surface area (Å²) < 4.78 is 22.0. The Morgan fingerprint density at radius 3 is 2.17 bits per heavy atom. The van der Waals surface area contributed by atoms with E-state index in [1.54, 1.807) is 0 Å². The molecule has 0 atom stereocenters. The van der Waals surface area contributed by atoms with Crippen LogP contribution in [0.25, 0.3) is 0 Å². The van der Waals surface area contributed by atoms with Crippen LogP contribution in [0.2, 0.25) is 0 Å². The lowest BCUT2D eigenvalue weighted by Gasteiger charge is -2.05. The van der Waals surface area contributed by atoms with Crippen LogP contribution >= 0.6 is 0 Å². The van der Waals surface area contributed by atoms with E-state index in [1.807, 2.05) is 0 Å². The van der Waals surface area contributed by atoms with E-state index in [2.05, 4.69) is 5.32 Å². The van der Waals surface area contributed by atoms with Gasteiger partial charge in [-0.15, -0.1) is 0 Å². The van der Waals surface area contributed by atoms with Gasteiger partial charge in [-0.05, 0) is 31.2 Å². The summed E-state index contributed by atoms with van der Waals surface area (Å²) in [6.07, 6.45) is 0.285. The molecule has 0 aromatic heterocycles. The zero-order chi connectivity index (χ0) is 13.8. The van der Waals surface area contributed by atoms with Gasteiger partial charge in [-0.3, -0.25) is 4.79 Å². The van der Waals surface area contributed by atoms with Gasteiger partial charge in [0.05, 0.1) is 4.90 Å². The van der Waals surface area contributed by atoms with Crippen molar-refractivity contribution in [2.45, 2.75) is 24.7 Å². The molecule has 0 aliphatic heterocycles. The molecule has 0 aliphatic rings. The third-order valence-corrected chi connectivity index (χ3v) is 3.10. The maximum atomic E-state index is 11.4. The fraction of sp³-hybridized carbons (Fsp3) is 0.273. The van der Waals surface area contributed by atoms with Gasteiger partial charge in [-0.25, -0.2) is 13.6 Å². The molecular weight excluding hydrogens is 256 g/mol. The molecule has 3 N–H and O–H groups in total. The van der Waals surface area contributed by atoms with Crippen LogP contribution in [0.4, 0.5) is 5.69 Å². The first-order chi connectivity index (χ1) is 8.29. The summed E-state index contributed by atoms with van der Waals surface area (Å²) >= 11 is 0. The van der Waals surface area contributed by atoms with Gasteiger partial charge in [0.15, 0.2) is 0 Å². The van der Waals surface area contributed by atoms with Crippen molar-refractivity contribution in [1.82, 2.24) is 0 Å². The first kappa shape index (κ1) is 14.3. The molecule has 1 aromatic rings. The Bertz CT molecular complexity index is 549. The number of sulfonamides is 1. The summed E-state index contributed by atoms with van der Waals surface area (Å²) in [7, 11) is -3.73. The van der Waals surface area contributed by atoms with Crippen LogP contribution in [0.15, 0.2) is 29.2 Å². The molecule has 0 radical (unpaired) electrons. The maximum absolute atomic E-state index is 11.4. The number of anilines is 1. The number of hydrogen-bond acceptors (Lipinski definition) is 4. The van der Waals surface area contributed by atoms with Gasteiger partial charge in [-0.2, -0.15) is 0 Å². The number of carbonyl (C=O) groups is 2. The Labute approximate surface area is 105 Å². The summed E-state index contributed by atoms with van der Waals surface area (Å²) in [4.78, 5) is 22.1. The second-order valence-corrected chi connectivity index (χ2v) is 5.38. The Morgan fingerprint density at radius 2 is 1.72 bits per heavy atom. The predicted molar refractivity (Wildman–Crippen MR) is 66.4 cm³/mol. The van der Waals surface area contributed by atoms with Crippen LogP contribution in [-0.4, -0.2) is 20.1 Å². The van der Waals surface area contributed by atoms with Gasteiger partial charge in [-0.1, -0.05) is 0 Å². The van der Waals surface area contributed by atoms with Crippen LogP contribution in [0.5, 0.6) is 0 Å². The molecule has 1 aromatic carbocycles. The smallest absolute Gasteiger partial charge is 0.238 e. The first-order valence-electron chi connectivity index (χ1n) is 5.21. The highest BCUT2D eigenvalue weighted by atomic mass is 32.2. The Balaban J connectivity index is 2.64.